The van der Waals surface area contributed by atoms with E-state index >= 15 is 0 Å². The quantitative estimate of drug-likeness (QED) is 0.0984. The van der Waals surface area contributed by atoms with Gasteiger partial charge in [0.1, 0.15) is 12.4 Å². The zero-order valence-corrected chi connectivity index (χ0v) is 32.8. The van der Waals surface area contributed by atoms with Gasteiger partial charge in [-0.2, -0.15) is 0 Å². The van der Waals surface area contributed by atoms with Crippen LogP contribution in [0.5, 0.6) is 5.75 Å². The summed E-state index contributed by atoms with van der Waals surface area (Å²) in [5.41, 5.74) is 0. The molecule has 0 N–H and O–H groups in total. The summed E-state index contributed by atoms with van der Waals surface area (Å²) in [5.74, 6) is 0.774. The third-order valence-corrected chi connectivity index (χ3v) is 18.5. The van der Waals surface area contributed by atoms with Gasteiger partial charge >= 0.3 is 5.97 Å². The van der Waals surface area contributed by atoms with E-state index in [1.165, 1.54) is 0 Å². The Hall–Kier alpha value is -1.43. The Bertz CT molecular complexity index is 1120. The monoisotopic (exact) mass is 680 g/mol. The highest BCUT2D eigenvalue weighted by molar-refractivity contribution is 6.74. The predicted molar refractivity (Wildman–Crippen MR) is 192 cm³/mol. The van der Waals surface area contributed by atoms with E-state index in [4.69, 9.17) is 34.7 Å². The van der Waals surface area contributed by atoms with Gasteiger partial charge in [-0.15, -0.1) is 0 Å². The summed E-state index contributed by atoms with van der Waals surface area (Å²) in [5, 5.41) is 0.807. The van der Waals surface area contributed by atoms with Gasteiger partial charge in [-0.3, -0.25) is 4.79 Å². The van der Waals surface area contributed by atoms with Crippen LogP contribution in [0.2, 0.25) is 41.3 Å². The summed E-state index contributed by atoms with van der Waals surface area (Å²) in [6, 6.07) is 7.48. The van der Waals surface area contributed by atoms with Crippen LogP contribution in [0.25, 0.3) is 0 Å². The molecule has 0 amide bonds. The van der Waals surface area contributed by atoms with Crippen molar-refractivity contribution in [3.8, 4) is 5.75 Å². The molecule has 0 radical (unpaired) electrons. The van der Waals surface area contributed by atoms with Crippen LogP contribution in [0.1, 0.15) is 81.1 Å². The molecule has 45 heavy (non-hydrogen) atoms. The van der Waals surface area contributed by atoms with Gasteiger partial charge in [-0.1, -0.05) is 83.5 Å². The molecule has 256 valence electrons. The van der Waals surface area contributed by atoms with E-state index in [9.17, 15) is 4.79 Å². The molecule has 0 spiro atoms. The van der Waals surface area contributed by atoms with Crippen molar-refractivity contribution in [3.63, 3.8) is 0 Å². The SMILES string of the molecule is CC(C)OC(=O)CC/C=C\CC[C@H]1[C@@H](O[Si](C)(C)C(C)(C)C)CO[C@@H]1/C=C/[C@H](COc1cccc(Cl)c1)O[Si](C)(C)C(C)(C)C. The number of benzene rings is 1. The predicted octanol–water partition coefficient (Wildman–Crippen LogP) is 10.1. The van der Waals surface area contributed by atoms with E-state index in [1.807, 2.05) is 38.1 Å². The van der Waals surface area contributed by atoms with Gasteiger partial charge in [0.25, 0.3) is 0 Å². The normalized spacial score (nSPS) is 20.8. The second-order valence-corrected chi connectivity index (χ2v) is 25.5. The average molecular weight is 682 g/mol. The number of halogens is 1. The maximum atomic E-state index is 11.9. The van der Waals surface area contributed by atoms with Crippen molar-refractivity contribution in [1.29, 1.82) is 0 Å². The fourth-order valence-electron chi connectivity index (χ4n) is 4.59. The van der Waals surface area contributed by atoms with Crippen LogP contribution in [-0.4, -0.2) is 60.2 Å². The number of allylic oxidation sites excluding steroid dienone is 2. The standard InChI is InChI=1S/C36H61ClO6Si2/c1-27(2)41-34(38)21-16-14-13-15-20-31-32(40-26-33(31)43-45(11,12)36(6,7)8)23-22-30(42-44(9,10)35(3,4)5)25-39-29-19-17-18-28(37)24-29/h13-14,17-19,22-24,27,30-33H,15-16,20-21,25-26H2,1-12H3/b14-13-,23-22+/t30-,31-,32-,33+/m1/s1. The maximum Gasteiger partial charge on any atom is 0.306 e. The zero-order valence-electron chi connectivity index (χ0n) is 30.1. The summed E-state index contributed by atoms with van der Waals surface area (Å²) in [6.45, 7) is 27.4. The highest BCUT2D eigenvalue weighted by Crippen LogP contribution is 2.41. The number of hydrogen-bond acceptors (Lipinski definition) is 6. The zero-order chi connectivity index (χ0) is 34.1. The van der Waals surface area contributed by atoms with Crippen LogP contribution >= 0.6 is 11.6 Å². The Morgan fingerprint density at radius 2 is 1.67 bits per heavy atom. The van der Waals surface area contributed by atoms with Gasteiger partial charge in [-0.25, -0.2) is 0 Å². The third kappa shape index (κ3) is 13.3. The van der Waals surface area contributed by atoms with Crippen molar-refractivity contribution >= 4 is 34.2 Å². The molecule has 6 nitrogen and oxygen atoms in total. The summed E-state index contributed by atoms with van der Waals surface area (Å²) < 4.78 is 31.6. The first-order chi connectivity index (χ1) is 20.7. The summed E-state index contributed by atoms with van der Waals surface area (Å²) in [6.07, 6.45) is 11.1. The Morgan fingerprint density at radius 1 is 1.02 bits per heavy atom. The topological polar surface area (TPSA) is 63.2 Å². The molecule has 0 aliphatic carbocycles. The molecular formula is C36H61ClO6Si2. The van der Waals surface area contributed by atoms with E-state index in [1.54, 1.807) is 0 Å². The first kappa shape index (κ1) is 39.8. The van der Waals surface area contributed by atoms with Crippen molar-refractivity contribution in [2.75, 3.05) is 13.2 Å². The minimum Gasteiger partial charge on any atom is -0.491 e. The van der Waals surface area contributed by atoms with Crippen molar-refractivity contribution in [3.05, 3.63) is 53.6 Å². The molecule has 1 heterocycles. The molecule has 0 unspecified atom stereocenters. The van der Waals surface area contributed by atoms with Gasteiger partial charge in [0.05, 0.1) is 31.0 Å². The minimum absolute atomic E-state index is 0.0254. The molecule has 1 aliphatic heterocycles. The fourth-order valence-corrected chi connectivity index (χ4v) is 7.38. The Balaban J connectivity index is 2.22. The van der Waals surface area contributed by atoms with Crippen LogP contribution in [0.15, 0.2) is 48.6 Å². The number of carbonyl (C=O) groups excluding carboxylic acids is 1. The number of rotatable bonds is 16. The van der Waals surface area contributed by atoms with Crippen LogP contribution in [0, 0.1) is 5.92 Å². The van der Waals surface area contributed by atoms with E-state index < -0.39 is 16.6 Å². The van der Waals surface area contributed by atoms with Crippen LogP contribution in [0.4, 0.5) is 0 Å². The lowest BCUT2D eigenvalue weighted by Crippen LogP contribution is -2.46. The minimum atomic E-state index is -2.09. The highest BCUT2D eigenvalue weighted by atomic mass is 35.5. The molecule has 0 bridgehead atoms. The number of carbonyl (C=O) groups is 1. The fraction of sp³-hybridized carbons (Fsp3) is 0.694. The van der Waals surface area contributed by atoms with Gasteiger partial charge in [-0.05, 0) is 87.6 Å². The molecule has 4 atom stereocenters. The lowest BCUT2D eigenvalue weighted by molar-refractivity contribution is -0.147. The molecule has 1 aromatic carbocycles. The summed E-state index contributed by atoms with van der Waals surface area (Å²) in [4.78, 5) is 11.9. The number of hydrogen-bond donors (Lipinski definition) is 0. The first-order valence-corrected chi connectivity index (χ1v) is 22.8. The molecule has 0 aromatic heterocycles. The largest absolute Gasteiger partial charge is 0.491 e. The molecule has 1 fully saturated rings. The molecule has 2 rings (SSSR count). The third-order valence-electron chi connectivity index (χ3n) is 9.30. The van der Waals surface area contributed by atoms with Crippen LogP contribution in [0.3, 0.4) is 0 Å². The Kier molecular flexibility index (Phi) is 15.1. The molecule has 1 aliphatic rings. The van der Waals surface area contributed by atoms with Gasteiger partial charge in [0.15, 0.2) is 16.6 Å². The van der Waals surface area contributed by atoms with Crippen molar-refractivity contribution in [1.82, 2.24) is 0 Å². The second-order valence-electron chi connectivity index (χ2n) is 15.6. The highest BCUT2D eigenvalue weighted by Gasteiger charge is 2.45. The average Bonchev–Trinajstić information content (AvgIpc) is 3.26. The second kappa shape index (κ2) is 17.1. The Labute approximate surface area is 281 Å². The van der Waals surface area contributed by atoms with Gasteiger partial charge in [0.2, 0.25) is 0 Å². The van der Waals surface area contributed by atoms with Gasteiger partial charge < -0.3 is 23.1 Å². The summed E-state index contributed by atoms with van der Waals surface area (Å²) >= 11 is 6.21. The molecule has 1 aromatic rings. The van der Waals surface area contributed by atoms with E-state index in [-0.39, 0.29) is 46.4 Å². The molecule has 0 saturated carbocycles. The molecule has 1 saturated heterocycles. The van der Waals surface area contributed by atoms with Crippen molar-refractivity contribution < 1.29 is 27.9 Å². The lowest BCUT2D eigenvalue weighted by Gasteiger charge is -2.39. The van der Waals surface area contributed by atoms with Crippen molar-refractivity contribution in [2.45, 2.75) is 142 Å². The summed E-state index contributed by atoms with van der Waals surface area (Å²) in [7, 11) is -4.09. The van der Waals surface area contributed by atoms with Crippen LogP contribution in [-0.2, 0) is 23.1 Å². The van der Waals surface area contributed by atoms with Crippen LogP contribution < -0.4 is 4.74 Å². The number of esters is 1. The number of ether oxygens (including phenoxy) is 3. The van der Waals surface area contributed by atoms with E-state index in [2.05, 4.69) is 92.0 Å². The molecule has 9 heteroatoms. The van der Waals surface area contributed by atoms with Crippen molar-refractivity contribution in [2.24, 2.45) is 5.92 Å². The first-order valence-electron chi connectivity index (χ1n) is 16.6. The van der Waals surface area contributed by atoms with Gasteiger partial charge in [0, 0.05) is 17.4 Å². The Morgan fingerprint density at radius 3 is 2.27 bits per heavy atom. The van der Waals surface area contributed by atoms with E-state index in [0.717, 1.165) is 18.6 Å². The van der Waals surface area contributed by atoms with E-state index in [0.29, 0.717) is 31.1 Å². The maximum absolute atomic E-state index is 11.9. The molecular weight excluding hydrogens is 620 g/mol. The lowest BCUT2D eigenvalue weighted by atomic mass is 9.93. The smallest absolute Gasteiger partial charge is 0.306 e.